The van der Waals surface area contributed by atoms with E-state index in [1.165, 1.54) is 6.42 Å². The zero-order valence-corrected chi connectivity index (χ0v) is 16.1. The summed E-state index contributed by atoms with van der Waals surface area (Å²) in [5.74, 6) is -0.0689. The summed E-state index contributed by atoms with van der Waals surface area (Å²) in [7, 11) is 1.85. The Bertz CT molecular complexity index is 819. The molecule has 0 radical (unpaired) electrons. The number of para-hydroxylation sites is 1. The summed E-state index contributed by atoms with van der Waals surface area (Å²) in [5.41, 5.74) is 1.57. The highest BCUT2D eigenvalue weighted by Gasteiger charge is 2.24. The van der Waals surface area contributed by atoms with Crippen LogP contribution >= 0.6 is 11.6 Å². The van der Waals surface area contributed by atoms with Crippen molar-refractivity contribution in [3.05, 3.63) is 59.1 Å². The predicted octanol–water partition coefficient (Wildman–Crippen LogP) is 5.39. The number of rotatable bonds is 4. The Morgan fingerprint density at radius 1 is 1.00 bits per heavy atom. The summed E-state index contributed by atoms with van der Waals surface area (Å²) in [5, 5.41) is 6.05. The number of anilines is 2. The monoisotopic (exact) mass is 385 g/mol. The van der Waals surface area contributed by atoms with E-state index in [-0.39, 0.29) is 11.9 Å². The van der Waals surface area contributed by atoms with Crippen molar-refractivity contribution in [3.8, 4) is 0 Å². The van der Waals surface area contributed by atoms with Crippen molar-refractivity contribution in [2.24, 2.45) is 0 Å². The molecule has 3 amide bonds. The molecule has 0 heterocycles. The number of nitrogens with zero attached hydrogens (tertiary/aromatic N) is 1. The molecule has 6 heteroatoms. The number of hydrogen-bond acceptors (Lipinski definition) is 2. The van der Waals surface area contributed by atoms with E-state index in [0.717, 1.165) is 25.7 Å². The first-order valence-electron chi connectivity index (χ1n) is 9.24. The smallest absolute Gasteiger partial charge is 0.323 e. The van der Waals surface area contributed by atoms with E-state index in [4.69, 9.17) is 11.6 Å². The molecule has 0 atom stereocenters. The number of hydrogen-bond donors (Lipinski definition) is 2. The van der Waals surface area contributed by atoms with Crippen molar-refractivity contribution in [2.75, 3.05) is 17.7 Å². The Hall–Kier alpha value is -2.53. The fraction of sp³-hybridized carbons (Fsp3) is 0.333. The van der Waals surface area contributed by atoms with Gasteiger partial charge in [-0.1, -0.05) is 49.1 Å². The molecule has 1 fully saturated rings. The van der Waals surface area contributed by atoms with E-state index < -0.39 is 6.03 Å². The van der Waals surface area contributed by atoms with Crippen LogP contribution in [0.3, 0.4) is 0 Å². The van der Waals surface area contributed by atoms with Crippen LogP contribution in [-0.4, -0.2) is 29.9 Å². The van der Waals surface area contributed by atoms with E-state index in [9.17, 15) is 9.59 Å². The van der Waals surface area contributed by atoms with Gasteiger partial charge in [0, 0.05) is 23.8 Å². The van der Waals surface area contributed by atoms with Gasteiger partial charge in [0.05, 0.1) is 11.3 Å². The van der Waals surface area contributed by atoms with Crippen LogP contribution in [0.25, 0.3) is 0 Å². The highest BCUT2D eigenvalue weighted by atomic mass is 35.5. The molecule has 2 aromatic rings. The molecule has 2 N–H and O–H groups in total. The molecular weight excluding hydrogens is 362 g/mol. The highest BCUT2D eigenvalue weighted by molar-refractivity contribution is 6.30. The van der Waals surface area contributed by atoms with Gasteiger partial charge in [-0.25, -0.2) is 4.79 Å². The summed E-state index contributed by atoms with van der Waals surface area (Å²) in [6.45, 7) is 0. The zero-order valence-electron chi connectivity index (χ0n) is 15.4. The van der Waals surface area contributed by atoms with E-state index in [1.54, 1.807) is 42.5 Å². The van der Waals surface area contributed by atoms with Crippen molar-refractivity contribution < 1.29 is 9.59 Å². The lowest BCUT2D eigenvalue weighted by Crippen LogP contribution is -2.38. The molecule has 0 aromatic heterocycles. The quantitative estimate of drug-likeness (QED) is 0.741. The number of amides is 3. The van der Waals surface area contributed by atoms with Crippen molar-refractivity contribution in [1.82, 2.24) is 4.90 Å². The lowest BCUT2D eigenvalue weighted by Gasteiger charge is -2.31. The lowest BCUT2D eigenvalue weighted by molar-refractivity contribution is 0.0697. The normalized spacial score (nSPS) is 14.4. The van der Waals surface area contributed by atoms with E-state index >= 15 is 0 Å². The molecule has 0 spiro atoms. The minimum absolute atomic E-state index is 0.0689. The maximum Gasteiger partial charge on any atom is 0.323 e. The van der Waals surface area contributed by atoms with Crippen LogP contribution in [0.2, 0.25) is 5.02 Å². The molecule has 142 valence electrons. The van der Waals surface area contributed by atoms with Gasteiger partial charge in [-0.05, 0) is 43.2 Å². The summed E-state index contributed by atoms with van der Waals surface area (Å²) in [6.07, 6.45) is 5.62. The van der Waals surface area contributed by atoms with Crippen LogP contribution in [0, 0.1) is 0 Å². The molecule has 5 nitrogen and oxygen atoms in total. The molecule has 0 saturated heterocycles. The molecule has 0 unspecified atom stereocenters. The van der Waals surface area contributed by atoms with Crippen molar-refractivity contribution in [3.63, 3.8) is 0 Å². The number of nitrogens with one attached hydrogen (secondary N) is 2. The van der Waals surface area contributed by atoms with Crippen LogP contribution < -0.4 is 10.6 Å². The van der Waals surface area contributed by atoms with Gasteiger partial charge in [-0.3, -0.25) is 4.79 Å². The van der Waals surface area contributed by atoms with Gasteiger partial charge < -0.3 is 15.5 Å². The highest BCUT2D eigenvalue weighted by Crippen LogP contribution is 2.25. The van der Waals surface area contributed by atoms with Crippen LogP contribution in [0.1, 0.15) is 42.5 Å². The van der Waals surface area contributed by atoms with Crippen molar-refractivity contribution >= 4 is 34.9 Å². The fourth-order valence-corrected chi connectivity index (χ4v) is 3.64. The first kappa shape index (κ1) is 19.2. The van der Waals surface area contributed by atoms with Crippen LogP contribution in [0.4, 0.5) is 16.2 Å². The Morgan fingerprint density at radius 2 is 1.74 bits per heavy atom. The molecule has 0 aliphatic heterocycles. The van der Waals surface area contributed by atoms with Crippen LogP contribution in [-0.2, 0) is 0 Å². The summed E-state index contributed by atoms with van der Waals surface area (Å²) in [6, 6.07) is 13.8. The predicted molar refractivity (Wildman–Crippen MR) is 110 cm³/mol. The van der Waals surface area contributed by atoms with Crippen LogP contribution in [0.15, 0.2) is 48.5 Å². The topological polar surface area (TPSA) is 61.4 Å². The second kappa shape index (κ2) is 8.91. The summed E-state index contributed by atoms with van der Waals surface area (Å²) >= 11 is 5.94. The number of carbonyl (C=O) groups is 2. The first-order valence-corrected chi connectivity index (χ1v) is 9.62. The third kappa shape index (κ3) is 5.01. The fourth-order valence-electron chi connectivity index (χ4n) is 3.45. The number of urea groups is 1. The summed E-state index contributed by atoms with van der Waals surface area (Å²) < 4.78 is 0. The van der Waals surface area contributed by atoms with Gasteiger partial charge in [-0.15, -0.1) is 0 Å². The summed E-state index contributed by atoms with van der Waals surface area (Å²) in [4.78, 5) is 27.1. The second-order valence-corrected chi connectivity index (χ2v) is 7.28. The number of halogens is 1. The maximum absolute atomic E-state index is 13.0. The molecule has 2 aromatic carbocycles. The van der Waals surface area contributed by atoms with E-state index in [2.05, 4.69) is 10.6 Å². The van der Waals surface area contributed by atoms with Gasteiger partial charge in [-0.2, -0.15) is 0 Å². The zero-order chi connectivity index (χ0) is 19.2. The Morgan fingerprint density at radius 3 is 2.48 bits per heavy atom. The molecule has 1 saturated carbocycles. The minimum atomic E-state index is -0.419. The number of benzene rings is 2. The molecule has 1 aliphatic rings. The van der Waals surface area contributed by atoms with Gasteiger partial charge in [0.25, 0.3) is 5.91 Å². The standard InChI is InChI=1S/C21H24ClN3O2/c1-25(17-10-3-2-4-11-17)20(26)18-12-5-6-13-19(18)24-21(27)23-16-9-7-8-15(22)14-16/h5-9,12-14,17H,2-4,10-11H2,1H3,(H2,23,24,27). The average Bonchev–Trinajstić information content (AvgIpc) is 2.68. The third-order valence-electron chi connectivity index (χ3n) is 4.93. The van der Waals surface area contributed by atoms with Crippen molar-refractivity contribution in [1.29, 1.82) is 0 Å². The molecule has 0 bridgehead atoms. The van der Waals surface area contributed by atoms with Gasteiger partial charge in [0.2, 0.25) is 0 Å². The maximum atomic E-state index is 13.0. The molecule has 27 heavy (non-hydrogen) atoms. The third-order valence-corrected chi connectivity index (χ3v) is 5.17. The van der Waals surface area contributed by atoms with Gasteiger partial charge in [0.15, 0.2) is 0 Å². The minimum Gasteiger partial charge on any atom is -0.339 e. The van der Waals surface area contributed by atoms with Crippen molar-refractivity contribution in [2.45, 2.75) is 38.1 Å². The Labute approximate surface area is 164 Å². The molecule has 1 aliphatic carbocycles. The lowest BCUT2D eigenvalue weighted by atomic mass is 9.94. The second-order valence-electron chi connectivity index (χ2n) is 6.84. The largest absolute Gasteiger partial charge is 0.339 e. The number of carbonyl (C=O) groups excluding carboxylic acids is 2. The van der Waals surface area contributed by atoms with Gasteiger partial charge in [0.1, 0.15) is 0 Å². The van der Waals surface area contributed by atoms with E-state index in [1.807, 2.05) is 18.0 Å². The Kier molecular flexibility index (Phi) is 6.35. The van der Waals surface area contributed by atoms with Gasteiger partial charge >= 0.3 is 6.03 Å². The van der Waals surface area contributed by atoms with Crippen LogP contribution in [0.5, 0.6) is 0 Å². The van der Waals surface area contributed by atoms with E-state index in [0.29, 0.717) is 22.0 Å². The SMILES string of the molecule is CN(C(=O)c1ccccc1NC(=O)Nc1cccc(Cl)c1)C1CCCCC1. The Balaban J connectivity index is 1.71. The average molecular weight is 386 g/mol. The molecule has 3 rings (SSSR count). The first-order chi connectivity index (χ1) is 13.0. The molecular formula is C21H24ClN3O2.